The van der Waals surface area contributed by atoms with Crippen LogP contribution in [0.4, 0.5) is 0 Å². The fraction of sp³-hybridized carbons (Fsp3) is 0.464. The van der Waals surface area contributed by atoms with Crippen molar-refractivity contribution in [1.29, 1.82) is 0 Å². The van der Waals surface area contributed by atoms with E-state index in [0.29, 0.717) is 11.8 Å². The fourth-order valence-electron chi connectivity index (χ4n) is 5.82. The van der Waals surface area contributed by atoms with Crippen molar-refractivity contribution in [2.45, 2.75) is 76.0 Å². The average molecular weight is 431 g/mol. The number of aryl methyl sites for hydroxylation is 1. The van der Waals surface area contributed by atoms with E-state index in [1.807, 2.05) is 0 Å². The van der Waals surface area contributed by atoms with Crippen molar-refractivity contribution in [3.05, 3.63) is 72.1 Å². The highest BCUT2D eigenvalue weighted by atomic mass is 31.1. The maximum absolute atomic E-state index is 5.31. The third-order valence-corrected chi connectivity index (χ3v) is 9.86. The second-order valence-corrected chi connectivity index (χ2v) is 11.6. The Hall–Kier alpha value is -1.92. The fourth-order valence-corrected chi connectivity index (χ4v) is 8.59. The average Bonchev–Trinajstić information content (AvgIpc) is 3.18. The molecule has 3 aromatic rings. The first kappa shape index (κ1) is 21.0. The van der Waals surface area contributed by atoms with Crippen molar-refractivity contribution in [2.75, 3.05) is 0 Å². The largest absolute Gasteiger partial charge is 0.271 e. The zero-order chi connectivity index (χ0) is 21.0. The van der Waals surface area contributed by atoms with Gasteiger partial charge in [0.05, 0.1) is 5.69 Å². The first-order valence-electron chi connectivity index (χ1n) is 12.3. The summed E-state index contributed by atoms with van der Waals surface area (Å²) in [6.45, 7) is 0. The number of rotatable bonds is 5. The van der Waals surface area contributed by atoms with E-state index < -0.39 is 7.92 Å². The zero-order valence-electron chi connectivity index (χ0n) is 18.8. The monoisotopic (exact) mass is 430 g/mol. The lowest BCUT2D eigenvalue weighted by Gasteiger charge is -2.29. The lowest BCUT2D eigenvalue weighted by molar-refractivity contribution is 0.422. The summed E-state index contributed by atoms with van der Waals surface area (Å²) < 4.78 is 2.30. The normalized spacial score (nSPS) is 18.5. The van der Waals surface area contributed by atoms with E-state index in [4.69, 9.17) is 5.10 Å². The number of hydrogen-bond donors (Lipinski definition) is 0. The molecule has 0 atom stereocenters. The van der Waals surface area contributed by atoms with Gasteiger partial charge in [-0.3, -0.25) is 4.68 Å². The SMILES string of the molecule is Cn1nc(C2CCCCC2)c(P(c2ccccc2)c2ccccc2)c1C1CCCCC1. The van der Waals surface area contributed by atoms with Crippen LogP contribution >= 0.6 is 7.92 Å². The second kappa shape index (κ2) is 9.70. The molecular weight excluding hydrogens is 395 g/mol. The molecule has 3 heteroatoms. The highest BCUT2D eigenvalue weighted by Gasteiger charge is 2.34. The van der Waals surface area contributed by atoms with Gasteiger partial charge in [-0.1, -0.05) is 99.2 Å². The minimum atomic E-state index is -0.600. The van der Waals surface area contributed by atoms with Crippen molar-refractivity contribution in [2.24, 2.45) is 7.05 Å². The van der Waals surface area contributed by atoms with E-state index in [1.165, 1.54) is 80.5 Å². The molecule has 2 saturated carbocycles. The van der Waals surface area contributed by atoms with Crippen LogP contribution in [0.1, 0.15) is 87.4 Å². The van der Waals surface area contributed by atoms with E-state index in [0.717, 1.165) is 0 Å². The molecule has 0 aliphatic heterocycles. The number of benzene rings is 2. The quantitative estimate of drug-likeness (QED) is 0.436. The highest BCUT2D eigenvalue weighted by molar-refractivity contribution is 7.80. The van der Waals surface area contributed by atoms with E-state index in [1.54, 1.807) is 11.0 Å². The molecule has 2 aliphatic rings. The standard InChI is InChI=1S/C28H35N2P/c1-30-27(23-16-8-3-9-17-23)28(26(29-30)22-14-6-2-7-15-22)31(24-18-10-4-11-19-24)25-20-12-5-13-21-25/h4-5,10-13,18-23H,2-3,6-9,14-17H2,1H3. The van der Waals surface area contributed by atoms with Gasteiger partial charge < -0.3 is 0 Å². The van der Waals surface area contributed by atoms with Crippen LogP contribution in [0, 0.1) is 0 Å². The predicted molar refractivity (Wildman–Crippen MR) is 134 cm³/mol. The van der Waals surface area contributed by atoms with E-state index in [2.05, 4.69) is 72.4 Å². The Morgan fingerprint density at radius 3 is 1.68 bits per heavy atom. The van der Waals surface area contributed by atoms with Crippen LogP contribution in [0.3, 0.4) is 0 Å². The Morgan fingerprint density at radius 1 is 0.677 bits per heavy atom. The summed E-state index contributed by atoms with van der Waals surface area (Å²) in [5.74, 6) is 1.29. The predicted octanol–water partition coefficient (Wildman–Crippen LogP) is 6.27. The molecule has 2 aromatic carbocycles. The van der Waals surface area contributed by atoms with Gasteiger partial charge in [-0.25, -0.2) is 0 Å². The van der Waals surface area contributed by atoms with Gasteiger partial charge >= 0.3 is 0 Å². The molecule has 31 heavy (non-hydrogen) atoms. The molecule has 0 bridgehead atoms. The zero-order valence-corrected chi connectivity index (χ0v) is 19.7. The Kier molecular flexibility index (Phi) is 6.55. The number of hydrogen-bond acceptors (Lipinski definition) is 1. The van der Waals surface area contributed by atoms with E-state index in [9.17, 15) is 0 Å². The van der Waals surface area contributed by atoms with Crippen molar-refractivity contribution < 1.29 is 0 Å². The van der Waals surface area contributed by atoms with Gasteiger partial charge in [-0.2, -0.15) is 5.10 Å². The summed E-state index contributed by atoms with van der Waals surface area (Å²) >= 11 is 0. The van der Waals surface area contributed by atoms with Gasteiger partial charge in [-0.05, 0) is 44.2 Å². The minimum absolute atomic E-state index is 0.600. The van der Waals surface area contributed by atoms with Gasteiger partial charge in [0.2, 0.25) is 0 Å². The Morgan fingerprint density at radius 2 is 1.16 bits per heavy atom. The van der Waals surface area contributed by atoms with Crippen LogP contribution < -0.4 is 15.9 Å². The van der Waals surface area contributed by atoms with Crippen molar-refractivity contribution in [1.82, 2.24) is 9.78 Å². The summed E-state index contributed by atoms with van der Waals surface area (Å²) in [5.41, 5.74) is 2.99. The maximum Gasteiger partial charge on any atom is 0.0741 e. The van der Waals surface area contributed by atoms with Gasteiger partial charge in [0.25, 0.3) is 0 Å². The summed E-state index contributed by atoms with van der Waals surface area (Å²) in [7, 11) is 1.63. The lowest BCUT2D eigenvalue weighted by Crippen LogP contribution is -2.28. The maximum atomic E-state index is 5.31. The van der Waals surface area contributed by atoms with Gasteiger partial charge in [0.1, 0.15) is 0 Å². The molecule has 0 amide bonds. The summed E-state index contributed by atoms with van der Waals surface area (Å²) in [4.78, 5) is 0. The van der Waals surface area contributed by atoms with Crippen LogP contribution in [0.25, 0.3) is 0 Å². The van der Waals surface area contributed by atoms with Crippen LogP contribution in [0.2, 0.25) is 0 Å². The molecule has 2 nitrogen and oxygen atoms in total. The first-order valence-corrected chi connectivity index (χ1v) is 13.6. The third-order valence-electron chi connectivity index (χ3n) is 7.33. The van der Waals surface area contributed by atoms with Gasteiger partial charge in [0.15, 0.2) is 0 Å². The Labute approximate surface area is 188 Å². The first-order chi connectivity index (χ1) is 15.3. The third kappa shape index (κ3) is 4.37. The Balaban J connectivity index is 1.71. The lowest BCUT2D eigenvalue weighted by atomic mass is 9.84. The van der Waals surface area contributed by atoms with Crippen molar-refractivity contribution in [3.63, 3.8) is 0 Å². The van der Waals surface area contributed by atoms with Crippen LogP contribution in [-0.2, 0) is 7.05 Å². The smallest absolute Gasteiger partial charge is 0.0741 e. The molecule has 1 heterocycles. The summed E-state index contributed by atoms with van der Waals surface area (Å²) in [6, 6.07) is 22.5. The second-order valence-electron chi connectivity index (χ2n) is 9.42. The van der Waals surface area contributed by atoms with Crippen LogP contribution in [-0.4, -0.2) is 9.78 Å². The molecule has 0 radical (unpaired) electrons. The van der Waals surface area contributed by atoms with Gasteiger partial charge in [-0.15, -0.1) is 0 Å². The molecule has 2 fully saturated rings. The minimum Gasteiger partial charge on any atom is -0.271 e. The molecule has 0 saturated heterocycles. The summed E-state index contributed by atoms with van der Waals surface area (Å²) in [5, 5.41) is 9.85. The van der Waals surface area contributed by atoms with Crippen LogP contribution in [0.5, 0.6) is 0 Å². The highest BCUT2D eigenvalue weighted by Crippen LogP contribution is 2.44. The van der Waals surface area contributed by atoms with E-state index in [-0.39, 0.29) is 0 Å². The molecule has 1 aromatic heterocycles. The topological polar surface area (TPSA) is 17.8 Å². The molecule has 0 N–H and O–H groups in total. The van der Waals surface area contributed by atoms with Gasteiger partial charge in [0, 0.05) is 29.9 Å². The van der Waals surface area contributed by atoms with Crippen LogP contribution in [0.15, 0.2) is 60.7 Å². The molecule has 162 valence electrons. The Bertz CT molecular complexity index is 928. The summed E-state index contributed by atoms with van der Waals surface area (Å²) in [6.07, 6.45) is 13.5. The number of nitrogens with zero attached hydrogens (tertiary/aromatic N) is 2. The molecule has 0 spiro atoms. The molecule has 0 unspecified atom stereocenters. The molecular formula is C28H35N2P. The van der Waals surface area contributed by atoms with Crippen molar-refractivity contribution >= 4 is 23.8 Å². The molecule has 2 aliphatic carbocycles. The number of aromatic nitrogens is 2. The van der Waals surface area contributed by atoms with E-state index >= 15 is 0 Å². The molecule has 5 rings (SSSR count). The van der Waals surface area contributed by atoms with Crippen molar-refractivity contribution in [3.8, 4) is 0 Å².